The summed E-state index contributed by atoms with van der Waals surface area (Å²) < 4.78 is 10.9. The number of aliphatic hydroxyl groups is 1. The minimum absolute atomic E-state index is 0.210. The van der Waals surface area contributed by atoms with E-state index in [1.807, 2.05) is 48.5 Å². The predicted molar refractivity (Wildman–Crippen MR) is 108 cm³/mol. The van der Waals surface area contributed by atoms with Crippen molar-refractivity contribution in [2.75, 3.05) is 20.3 Å². The first-order chi connectivity index (χ1) is 13.2. The predicted octanol–water partition coefficient (Wildman–Crippen LogP) is 3.08. The third kappa shape index (κ3) is 3.43. The maximum Gasteiger partial charge on any atom is 0.171 e. The summed E-state index contributed by atoms with van der Waals surface area (Å²) in [5.41, 5.74) is 4.70. The Kier molecular flexibility index (Phi) is 5.11. The molecule has 2 aromatic carbocycles. The fourth-order valence-corrected chi connectivity index (χ4v) is 3.88. The van der Waals surface area contributed by atoms with Gasteiger partial charge < -0.3 is 25.2 Å². The number of hydrogen-bond donors (Lipinski definition) is 3. The van der Waals surface area contributed by atoms with E-state index in [4.69, 9.17) is 21.7 Å². The highest BCUT2D eigenvalue weighted by atomic mass is 32.1. The lowest BCUT2D eigenvalue weighted by molar-refractivity contribution is 0.172. The average molecular weight is 382 g/mol. The van der Waals surface area contributed by atoms with Gasteiger partial charge in [0, 0.05) is 31.3 Å². The van der Waals surface area contributed by atoms with Crippen molar-refractivity contribution in [2.45, 2.75) is 18.6 Å². The number of hydrogen-bond acceptors (Lipinski definition) is 4. The van der Waals surface area contributed by atoms with Gasteiger partial charge in [0.2, 0.25) is 0 Å². The SMILES string of the molecule is COCCCOc1cccc(C2NC(=S)NC3=C2C(O)c2ccccc23)c1. The van der Waals surface area contributed by atoms with Gasteiger partial charge in [0.05, 0.1) is 18.3 Å². The molecular formula is C21H22N2O3S. The molecule has 0 bridgehead atoms. The fourth-order valence-electron chi connectivity index (χ4n) is 3.66. The molecule has 6 heteroatoms. The van der Waals surface area contributed by atoms with Crippen LogP contribution in [-0.2, 0) is 4.74 Å². The minimum Gasteiger partial charge on any atom is -0.493 e. The Morgan fingerprint density at radius 1 is 1.11 bits per heavy atom. The van der Waals surface area contributed by atoms with Crippen molar-refractivity contribution in [3.63, 3.8) is 0 Å². The number of ether oxygens (including phenoxy) is 2. The van der Waals surface area contributed by atoms with Crippen LogP contribution in [0.5, 0.6) is 5.75 Å². The van der Waals surface area contributed by atoms with Crippen molar-refractivity contribution < 1.29 is 14.6 Å². The summed E-state index contributed by atoms with van der Waals surface area (Å²) in [7, 11) is 1.68. The zero-order chi connectivity index (χ0) is 18.8. The molecule has 0 spiro atoms. The molecular weight excluding hydrogens is 360 g/mol. The maximum absolute atomic E-state index is 10.9. The number of rotatable bonds is 6. The van der Waals surface area contributed by atoms with Crippen LogP contribution in [0.15, 0.2) is 54.1 Å². The Balaban J connectivity index is 1.64. The molecule has 140 valence electrons. The van der Waals surface area contributed by atoms with Crippen LogP contribution in [0.3, 0.4) is 0 Å². The third-order valence-corrected chi connectivity index (χ3v) is 5.11. The van der Waals surface area contributed by atoms with Crippen molar-refractivity contribution in [3.8, 4) is 5.75 Å². The molecule has 2 atom stereocenters. The fraction of sp³-hybridized carbons (Fsp3) is 0.286. The van der Waals surface area contributed by atoms with Gasteiger partial charge in [-0.15, -0.1) is 0 Å². The molecule has 0 saturated heterocycles. The van der Waals surface area contributed by atoms with Gasteiger partial charge in [-0.25, -0.2) is 0 Å². The van der Waals surface area contributed by atoms with Crippen LogP contribution in [0.2, 0.25) is 0 Å². The van der Waals surface area contributed by atoms with E-state index in [1.54, 1.807) is 7.11 Å². The smallest absolute Gasteiger partial charge is 0.171 e. The third-order valence-electron chi connectivity index (χ3n) is 4.89. The Morgan fingerprint density at radius 3 is 2.81 bits per heavy atom. The highest BCUT2D eigenvalue weighted by molar-refractivity contribution is 7.80. The van der Waals surface area contributed by atoms with Crippen LogP contribution in [0.1, 0.15) is 35.3 Å². The summed E-state index contributed by atoms with van der Waals surface area (Å²) >= 11 is 5.42. The molecule has 0 aromatic heterocycles. The first-order valence-electron chi connectivity index (χ1n) is 8.99. The number of thiocarbonyl (C=S) groups is 1. The molecule has 0 radical (unpaired) electrons. The zero-order valence-corrected chi connectivity index (χ0v) is 15.9. The van der Waals surface area contributed by atoms with Crippen molar-refractivity contribution in [2.24, 2.45) is 0 Å². The summed E-state index contributed by atoms with van der Waals surface area (Å²) in [6, 6.07) is 15.6. The summed E-state index contributed by atoms with van der Waals surface area (Å²) in [5.74, 6) is 0.794. The van der Waals surface area contributed by atoms with Crippen LogP contribution in [-0.4, -0.2) is 30.5 Å². The molecule has 2 unspecified atom stereocenters. The molecule has 1 heterocycles. The first-order valence-corrected chi connectivity index (χ1v) is 9.40. The Bertz CT molecular complexity index is 897. The second-order valence-electron chi connectivity index (χ2n) is 6.62. The van der Waals surface area contributed by atoms with Crippen LogP contribution in [0, 0.1) is 0 Å². The van der Waals surface area contributed by atoms with Gasteiger partial charge in [-0.05, 0) is 35.5 Å². The van der Waals surface area contributed by atoms with Gasteiger partial charge in [0.1, 0.15) is 11.9 Å². The zero-order valence-electron chi connectivity index (χ0n) is 15.1. The second-order valence-corrected chi connectivity index (χ2v) is 7.03. The van der Waals surface area contributed by atoms with Gasteiger partial charge in [-0.3, -0.25) is 0 Å². The standard InChI is InChI=1S/C21H22N2O3S/c1-25-10-5-11-26-14-7-4-6-13(12-14)18-17-19(23-21(27)22-18)15-8-2-3-9-16(15)20(17)24/h2-4,6-9,12,18,20,24H,5,10-11H2,1H3,(H2,22,23,27). The molecule has 0 amide bonds. The van der Waals surface area contributed by atoms with Gasteiger partial charge in [-0.1, -0.05) is 36.4 Å². The summed E-state index contributed by atoms with van der Waals surface area (Å²) in [6.45, 7) is 1.27. The Hall–Kier alpha value is -2.41. The van der Waals surface area contributed by atoms with E-state index in [0.717, 1.165) is 40.1 Å². The van der Waals surface area contributed by atoms with Gasteiger partial charge in [-0.2, -0.15) is 0 Å². The summed E-state index contributed by atoms with van der Waals surface area (Å²) in [4.78, 5) is 0. The molecule has 5 nitrogen and oxygen atoms in total. The highest BCUT2D eigenvalue weighted by Crippen LogP contribution is 2.46. The van der Waals surface area contributed by atoms with E-state index >= 15 is 0 Å². The molecule has 1 aliphatic carbocycles. The van der Waals surface area contributed by atoms with E-state index in [1.165, 1.54) is 0 Å². The summed E-state index contributed by atoms with van der Waals surface area (Å²) in [6.07, 6.45) is 0.162. The lowest BCUT2D eigenvalue weighted by atomic mass is 9.93. The molecule has 2 aromatic rings. The monoisotopic (exact) mass is 382 g/mol. The molecule has 2 aliphatic rings. The van der Waals surface area contributed by atoms with Crippen molar-refractivity contribution >= 4 is 23.0 Å². The first kappa shape index (κ1) is 18.0. The normalized spacial score (nSPS) is 20.6. The summed E-state index contributed by atoms with van der Waals surface area (Å²) in [5, 5.41) is 18.0. The van der Waals surface area contributed by atoms with E-state index in [2.05, 4.69) is 10.6 Å². The van der Waals surface area contributed by atoms with E-state index in [9.17, 15) is 5.11 Å². The van der Waals surface area contributed by atoms with Crippen LogP contribution in [0.25, 0.3) is 5.70 Å². The number of fused-ring (bicyclic) bond motifs is 2. The Morgan fingerprint density at radius 2 is 1.96 bits per heavy atom. The molecule has 0 fully saturated rings. The van der Waals surface area contributed by atoms with Crippen molar-refractivity contribution in [1.82, 2.24) is 10.6 Å². The topological polar surface area (TPSA) is 62.8 Å². The number of aliphatic hydroxyl groups excluding tert-OH is 1. The van der Waals surface area contributed by atoms with Crippen molar-refractivity contribution in [3.05, 3.63) is 70.8 Å². The van der Waals surface area contributed by atoms with Crippen LogP contribution < -0.4 is 15.4 Å². The minimum atomic E-state index is -0.671. The molecule has 4 rings (SSSR count). The maximum atomic E-state index is 10.9. The lowest BCUT2D eigenvalue weighted by Crippen LogP contribution is -2.42. The molecule has 1 aliphatic heterocycles. The number of benzene rings is 2. The van der Waals surface area contributed by atoms with Gasteiger partial charge in [0.15, 0.2) is 5.11 Å². The largest absolute Gasteiger partial charge is 0.493 e. The van der Waals surface area contributed by atoms with E-state index in [-0.39, 0.29) is 6.04 Å². The molecule has 0 saturated carbocycles. The molecule has 3 N–H and O–H groups in total. The second kappa shape index (κ2) is 7.68. The molecule has 27 heavy (non-hydrogen) atoms. The van der Waals surface area contributed by atoms with Crippen LogP contribution >= 0.6 is 12.2 Å². The lowest BCUT2D eigenvalue weighted by Gasteiger charge is -2.30. The number of nitrogens with one attached hydrogen (secondary N) is 2. The van der Waals surface area contributed by atoms with E-state index < -0.39 is 6.10 Å². The van der Waals surface area contributed by atoms with E-state index in [0.29, 0.717) is 18.3 Å². The van der Waals surface area contributed by atoms with Crippen molar-refractivity contribution in [1.29, 1.82) is 0 Å². The Labute approximate surface area is 164 Å². The van der Waals surface area contributed by atoms with Gasteiger partial charge >= 0.3 is 0 Å². The van der Waals surface area contributed by atoms with Gasteiger partial charge in [0.25, 0.3) is 0 Å². The average Bonchev–Trinajstić information content (AvgIpc) is 2.97. The quantitative estimate of drug-likeness (QED) is 0.527. The highest BCUT2D eigenvalue weighted by Gasteiger charge is 2.38. The van der Waals surface area contributed by atoms with Crippen LogP contribution in [0.4, 0.5) is 0 Å². The number of methoxy groups -OCH3 is 1.